The van der Waals surface area contributed by atoms with Crippen LogP contribution in [0.15, 0.2) is 0 Å². The van der Waals surface area contributed by atoms with Gasteiger partial charge in [0.25, 0.3) is 0 Å². The third-order valence-electron chi connectivity index (χ3n) is 2.68. The van der Waals surface area contributed by atoms with Crippen molar-refractivity contribution in [3.05, 3.63) is 0 Å². The molecule has 0 spiro atoms. The van der Waals surface area contributed by atoms with Crippen molar-refractivity contribution >= 4 is 17.9 Å². The van der Waals surface area contributed by atoms with Crippen LogP contribution in [0, 0.1) is 17.8 Å². The van der Waals surface area contributed by atoms with Gasteiger partial charge >= 0.3 is 17.9 Å². The number of rotatable bonds is 3. The molecule has 0 aromatic heterocycles. The highest BCUT2D eigenvalue weighted by molar-refractivity contribution is 5.87. The first kappa shape index (κ1) is 12.4. The van der Waals surface area contributed by atoms with E-state index in [4.69, 9.17) is 20.1 Å². The second kappa shape index (κ2) is 4.48. The fourth-order valence-electron chi connectivity index (χ4n) is 1.91. The predicted octanol–water partition coefficient (Wildman–Crippen LogP) is -0.492. The van der Waals surface area contributed by atoms with E-state index in [0.29, 0.717) is 0 Å². The molecule has 4 unspecified atom stereocenters. The van der Waals surface area contributed by atoms with E-state index < -0.39 is 41.8 Å². The summed E-state index contributed by atoms with van der Waals surface area (Å²) in [4.78, 5) is 32.6. The van der Waals surface area contributed by atoms with Crippen LogP contribution in [-0.4, -0.2) is 45.9 Å². The molecule has 3 N–H and O–H groups in total. The molecule has 1 aliphatic rings. The summed E-state index contributed by atoms with van der Waals surface area (Å²) in [6.07, 6.45) is -1.60. The average Bonchev–Trinajstić information content (AvgIpc) is 2.15. The Morgan fingerprint density at radius 3 is 1.88 bits per heavy atom. The van der Waals surface area contributed by atoms with Crippen LogP contribution in [0.3, 0.4) is 0 Å². The molecule has 4 atom stereocenters. The van der Waals surface area contributed by atoms with Gasteiger partial charge in [-0.1, -0.05) is 6.92 Å². The third-order valence-corrected chi connectivity index (χ3v) is 2.68. The quantitative estimate of drug-likeness (QED) is 0.600. The average molecular weight is 232 g/mol. The third kappa shape index (κ3) is 2.13. The highest BCUT2D eigenvalue weighted by atomic mass is 16.5. The SMILES string of the molecule is CC1COC(C(=O)O)C(C(=O)O)C1C(=O)O. The lowest BCUT2D eigenvalue weighted by atomic mass is 9.77. The number of carboxylic acids is 3. The van der Waals surface area contributed by atoms with E-state index >= 15 is 0 Å². The Morgan fingerprint density at radius 2 is 1.50 bits per heavy atom. The van der Waals surface area contributed by atoms with Crippen LogP contribution >= 0.6 is 0 Å². The molecule has 0 aliphatic carbocycles. The number of hydrogen-bond donors (Lipinski definition) is 3. The minimum absolute atomic E-state index is 0.0717. The van der Waals surface area contributed by atoms with E-state index in [9.17, 15) is 14.4 Å². The topological polar surface area (TPSA) is 121 Å². The van der Waals surface area contributed by atoms with Crippen molar-refractivity contribution in [2.24, 2.45) is 17.8 Å². The molecular weight excluding hydrogens is 220 g/mol. The Hall–Kier alpha value is -1.63. The lowest BCUT2D eigenvalue weighted by Crippen LogP contribution is -2.51. The Bertz CT molecular complexity index is 324. The monoisotopic (exact) mass is 232 g/mol. The zero-order chi connectivity index (χ0) is 12.5. The van der Waals surface area contributed by atoms with Gasteiger partial charge in [-0.05, 0) is 5.92 Å². The van der Waals surface area contributed by atoms with Crippen LogP contribution in [0.5, 0.6) is 0 Å². The highest BCUT2D eigenvalue weighted by Gasteiger charge is 2.49. The van der Waals surface area contributed by atoms with Crippen molar-refractivity contribution in [2.45, 2.75) is 13.0 Å². The van der Waals surface area contributed by atoms with Crippen molar-refractivity contribution in [1.82, 2.24) is 0 Å². The zero-order valence-corrected chi connectivity index (χ0v) is 8.49. The molecule has 1 rings (SSSR count). The van der Waals surface area contributed by atoms with Crippen LogP contribution in [0.1, 0.15) is 6.92 Å². The van der Waals surface area contributed by atoms with Gasteiger partial charge in [-0.2, -0.15) is 0 Å². The van der Waals surface area contributed by atoms with E-state index in [0.717, 1.165) is 0 Å². The maximum Gasteiger partial charge on any atom is 0.333 e. The Kier molecular flexibility index (Phi) is 3.48. The summed E-state index contributed by atoms with van der Waals surface area (Å²) >= 11 is 0. The molecular formula is C9H12O7. The van der Waals surface area contributed by atoms with Crippen LogP contribution in [0.2, 0.25) is 0 Å². The standard InChI is InChI=1S/C9H12O7/c1-3-2-16-6(9(14)15)5(8(12)13)4(3)7(10)11/h3-6H,2H2,1H3,(H,10,11)(H,12,13)(H,14,15). The van der Waals surface area contributed by atoms with Crippen molar-refractivity contribution in [1.29, 1.82) is 0 Å². The van der Waals surface area contributed by atoms with Crippen LogP contribution in [0.25, 0.3) is 0 Å². The fraction of sp³-hybridized carbons (Fsp3) is 0.667. The largest absolute Gasteiger partial charge is 0.481 e. The molecule has 1 saturated heterocycles. The predicted molar refractivity (Wildman–Crippen MR) is 48.8 cm³/mol. The lowest BCUT2D eigenvalue weighted by molar-refractivity contribution is -0.185. The molecule has 1 fully saturated rings. The maximum atomic E-state index is 10.9. The van der Waals surface area contributed by atoms with Gasteiger partial charge in [-0.25, -0.2) is 4.79 Å². The molecule has 16 heavy (non-hydrogen) atoms. The van der Waals surface area contributed by atoms with E-state index in [2.05, 4.69) is 0 Å². The summed E-state index contributed by atoms with van der Waals surface area (Å²) in [5.74, 6) is -7.56. The van der Waals surface area contributed by atoms with Crippen molar-refractivity contribution in [3.8, 4) is 0 Å². The van der Waals surface area contributed by atoms with Gasteiger partial charge in [-0.3, -0.25) is 9.59 Å². The summed E-state index contributed by atoms with van der Waals surface area (Å²) < 4.78 is 4.86. The van der Waals surface area contributed by atoms with Crippen molar-refractivity contribution in [3.63, 3.8) is 0 Å². The molecule has 0 saturated carbocycles. The van der Waals surface area contributed by atoms with Crippen LogP contribution in [0.4, 0.5) is 0 Å². The van der Waals surface area contributed by atoms with Gasteiger partial charge in [0.1, 0.15) is 5.92 Å². The summed E-state index contributed by atoms with van der Waals surface area (Å²) in [7, 11) is 0. The first-order valence-corrected chi connectivity index (χ1v) is 4.66. The van der Waals surface area contributed by atoms with Gasteiger partial charge in [-0.15, -0.1) is 0 Å². The second-order valence-corrected chi connectivity index (χ2v) is 3.80. The normalized spacial score (nSPS) is 34.3. The number of hydrogen-bond acceptors (Lipinski definition) is 4. The van der Waals surface area contributed by atoms with Gasteiger partial charge in [0, 0.05) is 0 Å². The molecule has 0 aromatic carbocycles. The molecule has 90 valence electrons. The van der Waals surface area contributed by atoms with Gasteiger partial charge in [0.2, 0.25) is 0 Å². The molecule has 0 amide bonds. The van der Waals surface area contributed by atoms with Crippen LogP contribution < -0.4 is 0 Å². The fourth-order valence-corrected chi connectivity index (χ4v) is 1.91. The van der Waals surface area contributed by atoms with Gasteiger partial charge in [0.15, 0.2) is 6.10 Å². The molecule has 7 nitrogen and oxygen atoms in total. The smallest absolute Gasteiger partial charge is 0.333 e. The van der Waals surface area contributed by atoms with E-state index in [1.165, 1.54) is 6.92 Å². The molecule has 0 aromatic rings. The van der Waals surface area contributed by atoms with Crippen molar-refractivity contribution in [2.75, 3.05) is 6.61 Å². The molecule has 1 heterocycles. The number of carbonyl (C=O) groups is 3. The molecule has 0 bridgehead atoms. The zero-order valence-electron chi connectivity index (χ0n) is 8.49. The number of carboxylic acid groups (broad SMARTS) is 3. The highest BCUT2D eigenvalue weighted by Crippen LogP contribution is 2.32. The number of ether oxygens (including phenoxy) is 1. The summed E-state index contributed by atoms with van der Waals surface area (Å²) in [5, 5.41) is 26.6. The van der Waals surface area contributed by atoms with Gasteiger partial charge in [0.05, 0.1) is 12.5 Å². The van der Waals surface area contributed by atoms with E-state index in [-0.39, 0.29) is 6.61 Å². The minimum Gasteiger partial charge on any atom is -0.481 e. The second-order valence-electron chi connectivity index (χ2n) is 3.80. The minimum atomic E-state index is -1.60. The first-order valence-electron chi connectivity index (χ1n) is 4.66. The Morgan fingerprint density at radius 1 is 1.00 bits per heavy atom. The molecule has 0 radical (unpaired) electrons. The Labute approximate surface area is 90.6 Å². The maximum absolute atomic E-state index is 10.9. The summed E-state index contributed by atoms with van der Waals surface area (Å²) in [6, 6.07) is 0. The lowest BCUT2D eigenvalue weighted by Gasteiger charge is -2.35. The van der Waals surface area contributed by atoms with Crippen molar-refractivity contribution < 1.29 is 34.4 Å². The van der Waals surface area contributed by atoms with E-state index in [1.807, 2.05) is 0 Å². The Balaban J connectivity index is 3.06. The molecule has 7 heteroatoms. The first-order chi connectivity index (χ1) is 7.36. The molecule has 1 aliphatic heterocycles. The van der Waals surface area contributed by atoms with Gasteiger partial charge < -0.3 is 20.1 Å². The van der Waals surface area contributed by atoms with E-state index in [1.54, 1.807) is 0 Å². The number of aliphatic carboxylic acids is 3. The summed E-state index contributed by atoms with van der Waals surface area (Å²) in [6.45, 7) is 1.45. The van der Waals surface area contributed by atoms with Crippen LogP contribution in [-0.2, 0) is 19.1 Å². The summed E-state index contributed by atoms with van der Waals surface area (Å²) in [5.41, 5.74) is 0.